The lowest BCUT2D eigenvalue weighted by Gasteiger charge is -2.05. The number of ketones is 1. The van der Waals surface area contributed by atoms with E-state index in [2.05, 4.69) is 44.0 Å². The largest absolute Gasteiger partial charge is 0.294 e. The van der Waals surface area contributed by atoms with Gasteiger partial charge in [0.25, 0.3) is 0 Å². The molecule has 1 nitrogen and oxygen atoms in total. The van der Waals surface area contributed by atoms with Gasteiger partial charge in [0.2, 0.25) is 0 Å². The Morgan fingerprint density at radius 3 is 2.42 bits per heavy atom. The van der Waals surface area contributed by atoms with Crippen LogP contribution in [0.5, 0.6) is 0 Å². The van der Waals surface area contributed by atoms with E-state index in [1.54, 1.807) is 0 Å². The van der Waals surface area contributed by atoms with Crippen molar-refractivity contribution in [1.82, 2.24) is 0 Å². The number of Topliss-reactive ketones (excluding diaryl/α,β-unsaturated/α-hetero) is 1. The van der Waals surface area contributed by atoms with Crippen LogP contribution < -0.4 is 0 Å². The fraction of sp³-hybridized carbons (Fsp3) is 0.188. The predicted octanol–water partition coefficient (Wildman–Crippen LogP) is 5.42. The molecular weight excluding hydrogens is 368 g/mol. The summed E-state index contributed by atoms with van der Waals surface area (Å²) in [4.78, 5) is 12.1. The van der Waals surface area contributed by atoms with Gasteiger partial charge < -0.3 is 0 Å². The van der Waals surface area contributed by atoms with Gasteiger partial charge in [-0.3, -0.25) is 4.79 Å². The number of hydrogen-bond acceptors (Lipinski definition) is 1. The highest BCUT2D eigenvalue weighted by Gasteiger charge is 2.09. The summed E-state index contributed by atoms with van der Waals surface area (Å²) in [6, 6.07) is 15.9. The van der Waals surface area contributed by atoms with E-state index < -0.39 is 0 Å². The molecular formula is C16H14Br2O. The SMILES string of the molecule is O=C(CCCc1ccccc1)c1ccc(Br)cc1Br. The molecule has 2 aromatic rings. The van der Waals surface area contributed by atoms with Gasteiger partial charge in [0.05, 0.1) is 0 Å². The van der Waals surface area contributed by atoms with Crippen molar-refractivity contribution >= 4 is 37.6 Å². The number of halogens is 2. The molecule has 0 saturated carbocycles. The highest BCUT2D eigenvalue weighted by atomic mass is 79.9. The molecule has 2 aromatic carbocycles. The van der Waals surface area contributed by atoms with Gasteiger partial charge in [0.15, 0.2) is 5.78 Å². The van der Waals surface area contributed by atoms with Gasteiger partial charge in [-0.2, -0.15) is 0 Å². The monoisotopic (exact) mass is 380 g/mol. The van der Waals surface area contributed by atoms with Crippen LogP contribution >= 0.6 is 31.9 Å². The Bertz CT molecular complexity index is 564. The van der Waals surface area contributed by atoms with Gasteiger partial charge >= 0.3 is 0 Å². The summed E-state index contributed by atoms with van der Waals surface area (Å²) in [7, 11) is 0. The summed E-state index contributed by atoms with van der Waals surface area (Å²) in [5.41, 5.74) is 2.04. The Morgan fingerprint density at radius 2 is 1.74 bits per heavy atom. The Hall–Kier alpha value is -0.930. The Balaban J connectivity index is 1.91. The van der Waals surface area contributed by atoms with Crippen LogP contribution in [-0.4, -0.2) is 5.78 Å². The van der Waals surface area contributed by atoms with Crippen molar-refractivity contribution in [3.63, 3.8) is 0 Å². The number of hydrogen-bond donors (Lipinski definition) is 0. The molecule has 0 aliphatic heterocycles. The third kappa shape index (κ3) is 4.29. The molecule has 0 N–H and O–H groups in total. The molecule has 3 heteroatoms. The summed E-state index contributed by atoms with van der Waals surface area (Å²) in [5.74, 6) is 0.190. The van der Waals surface area contributed by atoms with E-state index in [9.17, 15) is 4.79 Å². The van der Waals surface area contributed by atoms with Crippen LogP contribution in [0.15, 0.2) is 57.5 Å². The average molecular weight is 382 g/mol. The normalized spacial score (nSPS) is 10.4. The lowest BCUT2D eigenvalue weighted by molar-refractivity contribution is 0.0979. The first kappa shape index (κ1) is 14.5. The molecule has 0 spiro atoms. The van der Waals surface area contributed by atoms with Crippen LogP contribution in [-0.2, 0) is 6.42 Å². The van der Waals surface area contributed by atoms with Gasteiger partial charge in [0, 0.05) is 20.9 Å². The van der Waals surface area contributed by atoms with E-state index in [1.165, 1.54) is 5.56 Å². The lowest BCUT2D eigenvalue weighted by Crippen LogP contribution is -2.01. The molecule has 0 aliphatic carbocycles. The number of carbonyl (C=O) groups is 1. The standard InChI is InChI=1S/C16H14Br2O/c17-13-9-10-14(15(18)11-13)16(19)8-4-7-12-5-2-1-3-6-12/h1-3,5-6,9-11H,4,7-8H2. The quantitative estimate of drug-likeness (QED) is 0.632. The predicted molar refractivity (Wildman–Crippen MR) is 85.6 cm³/mol. The van der Waals surface area contributed by atoms with Crippen molar-refractivity contribution in [3.8, 4) is 0 Å². The Morgan fingerprint density at radius 1 is 1.00 bits per heavy atom. The maximum absolute atomic E-state index is 12.1. The number of rotatable bonds is 5. The fourth-order valence-electron chi connectivity index (χ4n) is 1.95. The minimum absolute atomic E-state index is 0.190. The zero-order valence-corrected chi connectivity index (χ0v) is 13.6. The van der Waals surface area contributed by atoms with Gasteiger partial charge in [-0.1, -0.05) is 62.2 Å². The van der Waals surface area contributed by atoms with E-state index in [-0.39, 0.29) is 5.78 Å². The highest BCUT2D eigenvalue weighted by Crippen LogP contribution is 2.23. The number of carbonyl (C=O) groups excluding carboxylic acids is 1. The van der Waals surface area contributed by atoms with Crippen molar-refractivity contribution in [2.45, 2.75) is 19.3 Å². The van der Waals surface area contributed by atoms with E-state index >= 15 is 0 Å². The van der Waals surface area contributed by atoms with Crippen molar-refractivity contribution in [2.75, 3.05) is 0 Å². The summed E-state index contributed by atoms with van der Waals surface area (Å²) < 4.78 is 1.83. The molecule has 0 unspecified atom stereocenters. The average Bonchev–Trinajstić information content (AvgIpc) is 2.39. The van der Waals surface area contributed by atoms with Crippen molar-refractivity contribution in [3.05, 3.63) is 68.6 Å². The number of benzene rings is 2. The maximum atomic E-state index is 12.1. The first-order valence-corrected chi connectivity index (χ1v) is 7.77. The van der Waals surface area contributed by atoms with Gasteiger partial charge in [-0.05, 0) is 36.6 Å². The van der Waals surface area contributed by atoms with Crippen LogP contribution in [0.1, 0.15) is 28.8 Å². The molecule has 98 valence electrons. The Labute approximate surface area is 130 Å². The lowest BCUT2D eigenvalue weighted by atomic mass is 10.0. The molecule has 0 fully saturated rings. The molecule has 0 aromatic heterocycles. The molecule has 0 bridgehead atoms. The zero-order chi connectivity index (χ0) is 13.7. The maximum Gasteiger partial charge on any atom is 0.164 e. The van der Waals surface area contributed by atoms with Crippen LogP contribution in [0.4, 0.5) is 0 Å². The summed E-state index contributed by atoms with van der Waals surface area (Å²) >= 11 is 6.82. The van der Waals surface area contributed by atoms with Crippen LogP contribution in [0, 0.1) is 0 Å². The van der Waals surface area contributed by atoms with E-state index in [1.807, 2.05) is 36.4 Å². The first-order valence-electron chi connectivity index (χ1n) is 6.19. The van der Waals surface area contributed by atoms with Crippen molar-refractivity contribution in [2.24, 2.45) is 0 Å². The molecule has 0 radical (unpaired) electrons. The molecule has 0 amide bonds. The first-order chi connectivity index (χ1) is 9.16. The minimum atomic E-state index is 0.190. The second-order valence-electron chi connectivity index (χ2n) is 4.39. The Kier molecular flexibility index (Phi) is 5.34. The fourth-order valence-corrected chi connectivity index (χ4v) is 3.22. The number of aryl methyl sites for hydroxylation is 1. The van der Waals surface area contributed by atoms with Gasteiger partial charge in [-0.15, -0.1) is 0 Å². The summed E-state index contributed by atoms with van der Waals surface area (Å²) in [6.07, 6.45) is 2.40. The molecule has 19 heavy (non-hydrogen) atoms. The minimum Gasteiger partial charge on any atom is -0.294 e. The van der Waals surface area contributed by atoms with E-state index in [4.69, 9.17) is 0 Å². The van der Waals surface area contributed by atoms with E-state index in [0.717, 1.165) is 27.4 Å². The molecule has 0 heterocycles. The molecule has 0 aliphatic rings. The second kappa shape index (κ2) is 7.01. The smallest absolute Gasteiger partial charge is 0.164 e. The second-order valence-corrected chi connectivity index (χ2v) is 6.16. The van der Waals surface area contributed by atoms with Gasteiger partial charge in [0.1, 0.15) is 0 Å². The van der Waals surface area contributed by atoms with Gasteiger partial charge in [-0.25, -0.2) is 0 Å². The van der Waals surface area contributed by atoms with E-state index in [0.29, 0.717) is 6.42 Å². The summed E-state index contributed by atoms with van der Waals surface area (Å²) in [5, 5.41) is 0. The highest BCUT2D eigenvalue weighted by molar-refractivity contribution is 9.11. The molecule has 2 rings (SSSR count). The molecule has 0 saturated heterocycles. The molecule has 0 atom stereocenters. The third-order valence-corrected chi connectivity index (χ3v) is 4.09. The van der Waals surface area contributed by atoms with Crippen LogP contribution in [0.25, 0.3) is 0 Å². The van der Waals surface area contributed by atoms with Crippen LogP contribution in [0.2, 0.25) is 0 Å². The van der Waals surface area contributed by atoms with Crippen LogP contribution in [0.3, 0.4) is 0 Å². The third-order valence-electron chi connectivity index (χ3n) is 2.94. The van der Waals surface area contributed by atoms with Crippen molar-refractivity contribution in [1.29, 1.82) is 0 Å². The zero-order valence-electron chi connectivity index (χ0n) is 10.4. The summed E-state index contributed by atoms with van der Waals surface area (Å²) in [6.45, 7) is 0. The van der Waals surface area contributed by atoms with Crippen molar-refractivity contribution < 1.29 is 4.79 Å². The topological polar surface area (TPSA) is 17.1 Å².